The Morgan fingerprint density at radius 1 is 1.00 bits per heavy atom. The van der Waals surface area contributed by atoms with Crippen molar-refractivity contribution in [1.82, 2.24) is 10.6 Å². The topological polar surface area (TPSA) is 24.1 Å². The molecule has 0 unspecified atom stereocenters. The summed E-state index contributed by atoms with van der Waals surface area (Å²) in [4.78, 5) is 0. The zero-order chi connectivity index (χ0) is 12.1. The maximum Gasteiger partial charge on any atom is 0.115 e. The highest BCUT2D eigenvalue weighted by Gasteiger charge is 2.32. The van der Waals surface area contributed by atoms with E-state index >= 15 is 0 Å². The molecule has 2 rings (SSSR count). The maximum atomic E-state index is 3.54. The minimum atomic E-state index is -0.204. The molecule has 1 aliphatic carbocycles. The molecule has 0 saturated carbocycles. The van der Waals surface area contributed by atoms with Crippen LogP contribution in [0.25, 0.3) is 5.57 Å². The summed E-state index contributed by atoms with van der Waals surface area (Å²) in [6.45, 7) is 6.13. The van der Waals surface area contributed by atoms with Crippen LogP contribution in [0.1, 0.15) is 19.4 Å². The minimum absolute atomic E-state index is 0.204. The van der Waals surface area contributed by atoms with Gasteiger partial charge in [-0.25, -0.2) is 0 Å². The lowest BCUT2D eigenvalue weighted by Crippen LogP contribution is -2.55. The molecule has 0 heterocycles. The second kappa shape index (κ2) is 5.30. The molecule has 1 aromatic rings. The summed E-state index contributed by atoms with van der Waals surface area (Å²) in [5, 5.41) is 7.08. The van der Waals surface area contributed by atoms with Gasteiger partial charge < -0.3 is 0 Å². The molecule has 2 heteroatoms. The Labute approximate surface area is 103 Å². The predicted octanol–water partition coefficient (Wildman–Crippen LogP) is 2.56. The first-order valence-electron chi connectivity index (χ1n) is 6.28. The highest BCUT2D eigenvalue weighted by atomic mass is 15.2. The molecule has 17 heavy (non-hydrogen) atoms. The van der Waals surface area contributed by atoms with Gasteiger partial charge in [0.05, 0.1) is 0 Å². The van der Waals surface area contributed by atoms with Crippen molar-refractivity contribution in [3.05, 3.63) is 54.1 Å². The summed E-state index contributed by atoms with van der Waals surface area (Å²) >= 11 is 0. The number of rotatable bonds is 5. The number of nitrogens with one attached hydrogen (secondary N) is 2. The Kier molecular flexibility index (Phi) is 3.77. The molecular weight excluding hydrogens is 208 g/mol. The molecule has 0 aliphatic heterocycles. The zero-order valence-corrected chi connectivity index (χ0v) is 10.5. The van der Waals surface area contributed by atoms with Gasteiger partial charge in [0.2, 0.25) is 0 Å². The van der Waals surface area contributed by atoms with Crippen molar-refractivity contribution >= 4 is 5.57 Å². The van der Waals surface area contributed by atoms with Gasteiger partial charge in [0.1, 0.15) is 5.66 Å². The van der Waals surface area contributed by atoms with Crippen molar-refractivity contribution in [2.45, 2.75) is 19.5 Å². The van der Waals surface area contributed by atoms with Crippen LogP contribution in [0.15, 0.2) is 48.6 Å². The third-order valence-electron chi connectivity index (χ3n) is 3.03. The first-order valence-corrected chi connectivity index (χ1v) is 6.28. The first-order chi connectivity index (χ1) is 8.32. The summed E-state index contributed by atoms with van der Waals surface area (Å²) in [5.41, 5.74) is 2.35. The fourth-order valence-corrected chi connectivity index (χ4v) is 2.38. The molecule has 0 radical (unpaired) electrons. The van der Waals surface area contributed by atoms with Gasteiger partial charge in [0.15, 0.2) is 0 Å². The quantitative estimate of drug-likeness (QED) is 0.757. The lowest BCUT2D eigenvalue weighted by molar-refractivity contribution is 0.431. The zero-order valence-electron chi connectivity index (χ0n) is 10.5. The van der Waals surface area contributed by atoms with E-state index in [9.17, 15) is 0 Å². The number of hydrogen-bond acceptors (Lipinski definition) is 2. The molecule has 0 spiro atoms. The van der Waals surface area contributed by atoms with Crippen molar-refractivity contribution in [3.8, 4) is 0 Å². The second-order valence-corrected chi connectivity index (χ2v) is 4.17. The molecule has 1 aromatic carbocycles. The third-order valence-corrected chi connectivity index (χ3v) is 3.03. The molecule has 90 valence electrons. The van der Waals surface area contributed by atoms with Crippen LogP contribution in [0.5, 0.6) is 0 Å². The van der Waals surface area contributed by atoms with E-state index in [4.69, 9.17) is 0 Å². The molecule has 0 fully saturated rings. The summed E-state index contributed by atoms with van der Waals surface area (Å²) in [7, 11) is 0. The standard InChI is InChI=1S/C15H20N2/c1-3-16-15(17-4-2)12-8-11-14(15)13-9-6-5-7-10-13/h5-12,16-17H,3-4H2,1-2H3. The van der Waals surface area contributed by atoms with Crippen molar-refractivity contribution in [1.29, 1.82) is 0 Å². The highest BCUT2D eigenvalue weighted by molar-refractivity contribution is 5.79. The average molecular weight is 228 g/mol. The molecule has 2 N–H and O–H groups in total. The Bertz CT molecular complexity index is 412. The van der Waals surface area contributed by atoms with Gasteiger partial charge in [0, 0.05) is 0 Å². The van der Waals surface area contributed by atoms with Gasteiger partial charge in [-0.3, -0.25) is 10.6 Å². The molecule has 1 aliphatic rings. The van der Waals surface area contributed by atoms with Crippen LogP contribution in [0, 0.1) is 0 Å². The van der Waals surface area contributed by atoms with Crippen LogP contribution in [0.3, 0.4) is 0 Å². The van der Waals surface area contributed by atoms with Gasteiger partial charge >= 0.3 is 0 Å². The third kappa shape index (κ3) is 2.33. The van der Waals surface area contributed by atoms with Crippen LogP contribution in [0.4, 0.5) is 0 Å². The van der Waals surface area contributed by atoms with Gasteiger partial charge in [-0.05, 0) is 30.3 Å². The van der Waals surface area contributed by atoms with E-state index in [0.29, 0.717) is 0 Å². The molecule has 0 bridgehead atoms. The molecular formula is C15H20N2. The first kappa shape index (κ1) is 12.1. The molecule has 0 aromatic heterocycles. The van der Waals surface area contributed by atoms with Crippen molar-refractivity contribution in [2.24, 2.45) is 0 Å². The van der Waals surface area contributed by atoms with E-state index in [1.165, 1.54) is 11.1 Å². The number of benzene rings is 1. The molecule has 0 saturated heterocycles. The maximum absolute atomic E-state index is 3.54. The summed E-state index contributed by atoms with van der Waals surface area (Å²) in [6.07, 6.45) is 6.50. The Morgan fingerprint density at radius 2 is 1.65 bits per heavy atom. The Balaban J connectivity index is 2.33. The van der Waals surface area contributed by atoms with E-state index in [-0.39, 0.29) is 5.66 Å². The van der Waals surface area contributed by atoms with Crippen molar-refractivity contribution in [2.75, 3.05) is 13.1 Å². The smallest absolute Gasteiger partial charge is 0.115 e. The summed E-state index contributed by atoms with van der Waals surface area (Å²) < 4.78 is 0. The lowest BCUT2D eigenvalue weighted by Gasteiger charge is -2.33. The van der Waals surface area contributed by atoms with Gasteiger partial charge in [-0.15, -0.1) is 0 Å². The van der Waals surface area contributed by atoms with E-state index in [1.807, 2.05) is 0 Å². The number of likely N-dealkylation sites (N-methyl/N-ethyl adjacent to an activating group) is 2. The van der Waals surface area contributed by atoms with Gasteiger partial charge in [-0.2, -0.15) is 0 Å². The summed E-state index contributed by atoms with van der Waals surface area (Å²) in [5.74, 6) is 0. The highest BCUT2D eigenvalue weighted by Crippen LogP contribution is 2.30. The fourth-order valence-electron chi connectivity index (χ4n) is 2.38. The number of hydrogen-bond donors (Lipinski definition) is 2. The van der Waals surface area contributed by atoms with Crippen LogP contribution in [-0.4, -0.2) is 18.8 Å². The largest absolute Gasteiger partial charge is 0.292 e. The van der Waals surface area contributed by atoms with Crippen molar-refractivity contribution in [3.63, 3.8) is 0 Å². The van der Waals surface area contributed by atoms with E-state index in [1.54, 1.807) is 0 Å². The Hall–Kier alpha value is -1.38. The summed E-state index contributed by atoms with van der Waals surface area (Å²) in [6, 6.07) is 10.5. The molecule has 2 nitrogen and oxygen atoms in total. The fraction of sp³-hybridized carbons (Fsp3) is 0.333. The van der Waals surface area contributed by atoms with Crippen LogP contribution in [-0.2, 0) is 0 Å². The van der Waals surface area contributed by atoms with Crippen LogP contribution in [0.2, 0.25) is 0 Å². The van der Waals surface area contributed by atoms with Crippen molar-refractivity contribution < 1.29 is 0 Å². The average Bonchev–Trinajstić information content (AvgIpc) is 2.75. The van der Waals surface area contributed by atoms with E-state index < -0.39 is 0 Å². The lowest BCUT2D eigenvalue weighted by atomic mass is 9.95. The Morgan fingerprint density at radius 3 is 2.24 bits per heavy atom. The monoisotopic (exact) mass is 228 g/mol. The number of allylic oxidation sites excluding steroid dienone is 2. The van der Waals surface area contributed by atoms with Gasteiger partial charge in [-0.1, -0.05) is 56.3 Å². The normalized spacial score (nSPS) is 17.2. The predicted molar refractivity (Wildman–Crippen MR) is 73.6 cm³/mol. The van der Waals surface area contributed by atoms with E-state index in [2.05, 4.69) is 73.0 Å². The van der Waals surface area contributed by atoms with Gasteiger partial charge in [0.25, 0.3) is 0 Å². The van der Waals surface area contributed by atoms with Crippen LogP contribution >= 0.6 is 0 Å². The SMILES string of the molecule is CCNC1(NCC)C=CC=C1c1ccccc1. The second-order valence-electron chi connectivity index (χ2n) is 4.17. The molecule has 0 atom stereocenters. The minimum Gasteiger partial charge on any atom is -0.292 e. The molecule has 0 amide bonds. The van der Waals surface area contributed by atoms with Crippen LogP contribution < -0.4 is 10.6 Å². The van der Waals surface area contributed by atoms with E-state index in [0.717, 1.165) is 13.1 Å².